The van der Waals surface area contributed by atoms with Crippen molar-refractivity contribution in [2.24, 2.45) is 11.8 Å². The van der Waals surface area contributed by atoms with Gasteiger partial charge in [0.15, 0.2) is 0 Å². The van der Waals surface area contributed by atoms with Gasteiger partial charge in [-0.05, 0) is 83.6 Å². The van der Waals surface area contributed by atoms with Gasteiger partial charge in [-0.1, -0.05) is 55.0 Å². The smallest absolute Gasteiger partial charge is 0.123 e. The molecule has 2 fully saturated rings. The van der Waals surface area contributed by atoms with Crippen LogP contribution in [0.3, 0.4) is 0 Å². The molecule has 4 aromatic carbocycles. The Hall–Kier alpha value is -3.96. The number of hydrogen-bond acceptors (Lipinski definition) is 5. The van der Waals surface area contributed by atoms with E-state index in [1.54, 1.807) is 28.4 Å². The van der Waals surface area contributed by atoms with Crippen LogP contribution in [0.5, 0.6) is 23.0 Å². The van der Waals surface area contributed by atoms with Crippen LogP contribution in [-0.2, 0) is 15.9 Å². The minimum Gasteiger partial charge on any atom is -0.497 e. The topological polar surface area (TPSA) is 46.2 Å². The molecule has 1 saturated carbocycles. The number of benzene rings is 4. The van der Waals surface area contributed by atoms with Gasteiger partial charge in [0.2, 0.25) is 0 Å². The molecule has 0 aromatic heterocycles. The number of fused-ring (bicyclic) bond motifs is 1. The second-order valence-electron chi connectivity index (χ2n) is 10.6. The number of hydrogen-bond donors (Lipinski definition) is 0. The van der Waals surface area contributed by atoms with Crippen LogP contribution < -0.4 is 18.9 Å². The minimum absolute atomic E-state index is 0.249. The van der Waals surface area contributed by atoms with Gasteiger partial charge in [0, 0.05) is 11.8 Å². The molecule has 40 heavy (non-hydrogen) atoms. The first-order valence-electron chi connectivity index (χ1n) is 13.9. The third kappa shape index (κ3) is 4.03. The number of methoxy groups -OCH3 is 4. The molecule has 0 spiro atoms. The van der Waals surface area contributed by atoms with Gasteiger partial charge in [-0.25, -0.2) is 0 Å². The average Bonchev–Trinajstić information content (AvgIpc) is 3.63. The predicted molar refractivity (Wildman–Crippen MR) is 155 cm³/mol. The summed E-state index contributed by atoms with van der Waals surface area (Å²) in [6, 6.07) is 33.6. The normalized spacial score (nSPS) is 20.5. The van der Waals surface area contributed by atoms with Gasteiger partial charge in [0.25, 0.3) is 0 Å². The quantitative estimate of drug-likeness (QED) is 0.236. The van der Waals surface area contributed by atoms with Crippen molar-refractivity contribution in [1.29, 1.82) is 0 Å². The Morgan fingerprint density at radius 1 is 0.450 bits per heavy atom. The van der Waals surface area contributed by atoms with Crippen molar-refractivity contribution in [3.05, 3.63) is 119 Å². The first-order valence-corrected chi connectivity index (χ1v) is 13.9. The van der Waals surface area contributed by atoms with Crippen molar-refractivity contribution in [2.75, 3.05) is 28.4 Å². The lowest BCUT2D eigenvalue weighted by Gasteiger charge is -2.40. The third-order valence-corrected chi connectivity index (χ3v) is 8.96. The summed E-state index contributed by atoms with van der Waals surface area (Å²) in [4.78, 5) is 0. The Labute approximate surface area is 236 Å². The van der Waals surface area contributed by atoms with Crippen molar-refractivity contribution >= 4 is 0 Å². The van der Waals surface area contributed by atoms with Crippen LogP contribution >= 0.6 is 0 Å². The molecule has 0 radical (unpaired) electrons. The van der Waals surface area contributed by atoms with Gasteiger partial charge >= 0.3 is 0 Å². The SMILES string of the molecule is COc1ccc(C2(c3ccc(OC)cc3)OC(c3ccc(OC)cc3)(c3ccc(OC)cc3)C3CCCC32)cc1. The van der Waals surface area contributed by atoms with Crippen LogP contribution in [0.2, 0.25) is 0 Å². The van der Waals surface area contributed by atoms with E-state index in [1.807, 2.05) is 48.5 Å². The molecule has 5 nitrogen and oxygen atoms in total. The number of rotatable bonds is 8. The Kier molecular flexibility index (Phi) is 6.93. The van der Waals surface area contributed by atoms with Crippen LogP contribution in [0.15, 0.2) is 97.1 Å². The van der Waals surface area contributed by atoms with Crippen LogP contribution in [0.4, 0.5) is 0 Å². The highest BCUT2D eigenvalue weighted by atomic mass is 16.5. The highest BCUT2D eigenvalue weighted by Crippen LogP contribution is 2.66. The Bertz CT molecular complexity index is 1220. The molecule has 2 unspecified atom stereocenters. The van der Waals surface area contributed by atoms with Crippen LogP contribution in [0, 0.1) is 11.8 Å². The van der Waals surface area contributed by atoms with E-state index in [0.29, 0.717) is 0 Å². The van der Waals surface area contributed by atoms with Crippen molar-refractivity contribution in [3.8, 4) is 23.0 Å². The molecule has 206 valence electrons. The fraction of sp³-hybridized carbons (Fsp3) is 0.314. The van der Waals surface area contributed by atoms with Gasteiger partial charge in [0.05, 0.1) is 28.4 Å². The van der Waals surface area contributed by atoms with E-state index in [0.717, 1.165) is 64.5 Å². The summed E-state index contributed by atoms with van der Waals surface area (Å²) in [5.41, 5.74) is 3.14. The Morgan fingerprint density at radius 2 is 0.700 bits per heavy atom. The standard InChI is InChI=1S/C35H36O5/c1-36-28-16-8-24(9-17-28)34(25-10-18-29(37-2)19-11-25)32-6-5-7-33(32)35(40-34,26-12-20-30(38-3)21-13-26)27-14-22-31(39-4)23-15-27/h8-23,32-33H,5-7H2,1-4H3. The van der Waals surface area contributed by atoms with E-state index in [-0.39, 0.29) is 11.8 Å². The van der Waals surface area contributed by atoms with Gasteiger partial charge in [-0.2, -0.15) is 0 Å². The number of ether oxygens (including phenoxy) is 5. The average molecular weight is 537 g/mol. The van der Waals surface area contributed by atoms with E-state index < -0.39 is 11.2 Å². The zero-order valence-corrected chi connectivity index (χ0v) is 23.6. The fourth-order valence-corrected chi connectivity index (χ4v) is 7.12. The second kappa shape index (κ2) is 10.5. The lowest BCUT2D eigenvalue weighted by atomic mass is 9.68. The molecule has 0 bridgehead atoms. The maximum atomic E-state index is 7.78. The summed E-state index contributed by atoms with van der Waals surface area (Å²) in [7, 11) is 6.80. The van der Waals surface area contributed by atoms with E-state index in [4.69, 9.17) is 23.7 Å². The van der Waals surface area contributed by atoms with E-state index in [1.165, 1.54) is 0 Å². The molecule has 2 aliphatic rings. The first-order chi connectivity index (χ1) is 19.6. The van der Waals surface area contributed by atoms with Crippen LogP contribution in [-0.4, -0.2) is 28.4 Å². The highest BCUT2D eigenvalue weighted by molar-refractivity contribution is 5.50. The van der Waals surface area contributed by atoms with Crippen molar-refractivity contribution < 1.29 is 23.7 Å². The summed E-state index contributed by atoms with van der Waals surface area (Å²) in [5, 5.41) is 0. The predicted octanol–water partition coefficient (Wildman–Crippen LogP) is 7.35. The van der Waals surface area contributed by atoms with Crippen molar-refractivity contribution in [3.63, 3.8) is 0 Å². The van der Waals surface area contributed by atoms with Crippen molar-refractivity contribution in [2.45, 2.75) is 30.5 Å². The van der Waals surface area contributed by atoms with Gasteiger partial charge < -0.3 is 23.7 Å². The van der Waals surface area contributed by atoms with Crippen LogP contribution in [0.25, 0.3) is 0 Å². The zero-order chi connectivity index (χ0) is 27.7. The lowest BCUT2D eigenvalue weighted by molar-refractivity contribution is -0.0890. The summed E-state index contributed by atoms with van der Waals surface area (Å²) < 4.78 is 29.9. The third-order valence-electron chi connectivity index (χ3n) is 8.96. The summed E-state index contributed by atoms with van der Waals surface area (Å²) >= 11 is 0. The summed E-state index contributed by atoms with van der Waals surface area (Å²) in [6.45, 7) is 0. The molecular weight excluding hydrogens is 500 g/mol. The highest BCUT2D eigenvalue weighted by Gasteiger charge is 2.65. The monoisotopic (exact) mass is 536 g/mol. The largest absolute Gasteiger partial charge is 0.497 e. The summed E-state index contributed by atoms with van der Waals surface area (Å²) in [6.07, 6.45) is 3.27. The minimum atomic E-state index is -0.681. The molecule has 4 aromatic rings. The molecule has 1 heterocycles. The molecule has 1 saturated heterocycles. The van der Waals surface area contributed by atoms with Gasteiger partial charge in [0.1, 0.15) is 34.2 Å². The van der Waals surface area contributed by atoms with E-state index in [2.05, 4.69) is 48.5 Å². The molecule has 5 heteroatoms. The van der Waals surface area contributed by atoms with Crippen LogP contribution in [0.1, 0.15) is 41.5 Å². The lowest BCUT2D eigenvalue weighted by Crippen LogP contribution is -2.37. The molecule has 6 rings (SSSR count). The van der Waals surface area contributed by atoms with Crippen molar-refractivity contribution in [1.82, 2.24) is 0 Å². The maximum absolute atomic E-state index is 7.78. The maximum Gasteiger partial charge on any atom is 0.123 e. The molecule has 0 amide bonds. The van der Waals surface area contributed by atoms with E-state index >= 15 is 0 Å². The van der Waals surface area contributed by atoms with Gasteiger partial charge in [-0.15, -0.1) is 0 Å². The summed E-state index contributed by atoms with van der Waals surface area (Å²) in [5.74, 6) is 3.80. The molecular formula is C35H36O5. The molecule has 1 aliphatic carbocycles. The Morgan fingerprint density at radius 3 is 0.925 bits per heavy atom. The molecule has 0 N–H and O–H groups in total. The Balaban J connectivity index is 1.62. The van der Waals surface area contributed by atoms with E-state index in [9.17, 15) is 0 Å². The zero-order valence-electron chi connectivity index (χ0n) is 23.6. The second-order valence-corrected chi connectivity index (χ2v) is 10.6. The molecule has 1 aliphatic heterocycles. The fourth-order valence-electron chi connectivity index (χ4n) is 7.12. The molecule has 2 atom stereocenters. The first kappa shape index (κ1) is 26.3. The van der Waals surface area contributed by atoms with Gasteiger partial charge in [-0.3, -0.25) is 0 Å².